The van der Waals surface area contributed by atoms with Crippen molar-refractivity contribution >= 4 is 5.91 Å². The second kappa shape index (κ2) is 6.50. The van der Waals surface area contributed by atoms with Gasteiger partial charge in [0, 0.05) is 18.9 Å². The zero-order valence-corrected chi connectivity index (χ0v) is 10.9. The Balaban J connectivity index is 1.97. The quantitative estimate of drug-likeness (QED) is 0.806. The van der Waals surface area contributed by atoms with Gasteiger partial charge in [-0.05, 0) is 43.5 Å². The minimum atomic E-state index is 0.211. The van der Waals surface area contributed by atoms with E-state index in [9.17, 15) is 4.79 Å². The fourth-order valence-corrected chi connectivity index (χ4v) is 2.47. The lowest BCUT2D eigenvalue weighted by molar-refractivity contribution is -0.131. The predicted octanol–water partition coefficient (Wildman–Crippen LogP) is 1.74. The molecule has 1 atom stereocenters. The Hall–Kier alpha value is -1.42. The van der Waals surface area contributed by atoms with Crippen molar-refractivity contribution in [2.45, 2.75) is 32.2 Å². The van der Waals surface area contributed by atoms with E-state index in [0.717, 1.165) is 32.4 Å². The third kappa shape index (κ3) is 3.07. The Morgan fingerprint density at radius 1 is 1.50 bits per heavy atom. The molecule has 4 heteroatoms. The van der Waals surface area contributed by atoms with Crippen LogP contribution in [-0.2, 0) is 4.79 Å². The summed E-state index contributed by atoms with van der Waals surface area (Å²) >= 11 is 0. The van der Waals surface area contributed by atoms with Crippen LogP contribution < -0.4 is 5.32 Å². The molecule has 0 radical (unpaired) electrons. The van der Waals surface area contributed by atoms with E-state index in [0.29, 0.717) is 6.54 Å². The van der Waals surface area contributed by atoms with Crippen LogP contribution in [0.2, 0.25) is 0 Å². The summed E-state index contributed by atoms with van der Waals surface area (Å²) < 4.78 is 0. The van der Waals surface area contributed by atoms with E-state index in [2.05, 4.69) is 17.2 Å². The number of pyridine rings is 1. The maximum Gasteiger partial charge on any atom is 0.237 e. The van der Waals surface area contributed by atoms with Gasteiger partial charge in [0.05, 0.1) is 12.6 Å². The molecule has 2 rings (SSSR count). The molecule has 0 spiro atoms. The zero-order valence-electron chi connectivity index (χ0n) is 10.9. The van der Waals surface area contributed by atoms with Crippen LogP contribution >= 0.6 is 0 Å². The van der Waals surface area contributed by atoms with Crippen LogP contribution in [0, 0.1) is 0 Å². The summed E-state index contributed by atoms with van der Waals surface area (Å²) in [6, 6.07) is 4.26. The summed E-state index contributed by atoms with van der Waals surface area (Å²) in [5.41, 5.74) is 1.20. The van der Waals surface area contributed by atoms with E-state index in [-0.39, 0.29) is 11.9 Å². The first-order valence-corrected chi connectivity index (χ1v) is 6.73. The van der Waals surface area contributed by atoms with Gasteiger partial charge in [0.25, 0.3) is 0 Å². The number of nitrogens with one attached hydrogen (secondary N) is 1. The molecule has 1 amide bonds. The average molecular weight is 247 g/mol. The molecule has 4 nitrogen and oxygen atoms in total. The highest BCUT2D eigenvalue weighted by Gasteiger charge is 2.29. The van der Waals surface area contributed by atoms with Crippen LogP contribution in [0.4, 0.5) is 0 Å². The van der Waals surface area contributed by atoms with Crippen LogP contribution in [0.3, 0.4) is 0 Å². The van der Waals surface area contributed by atoms with Gasteiger partial charge in [0.15, 0.2) is 0 Å². The Labute approximate surface area is 108 Å². The molecule has 0 aromatic carbocycles. The lowest BCUT2D eigenvalue weighted by atomic mass is 10.1. The molecule has 1 aromatic heterocycles. The highest BCUT2D eigenvalue weighted by molar-refractivity contribution is 5.79. The molecule has 1 aliphatic heterocycles. The van der Waals surface area contributed by atoms with E-state index in [1.807, 2.05) is 17.0 Å². The summed E-state index contributed by atoms with van der Waals surface area (Å²) in [5.74, 6) is 0.211. The van der Waals surface area contributed by atoms with Crippen LogP contribution in [-0.4, -0.2) is 35.4 Å². The van der Waals surface area contributed by atoms with Gasteiger partial charge in [-0.25, -0.2) is 0 Å². The lowest BCUT2D eigenvalue weighted by Gasteiger charge is -2.25. The third-order valence-electron chi connectivity index (χ3n) is 3.37. The van der Waals surface area contributed by atoms with Gasteiger partial charge in [0.1, 0.15) is 0 Å². The van der Waals surface area contributed by atoms with Crippen LogP contribution in [0.15, 0.2) is 24.5 Å². The lowest BCUT2D eigenvalue weighted by Crippen LogP contribution is -2.38. The molecule has 1 N–H and O–H groups in total. The van der Waals surface area contributed by atoms with Crippen molar-refractivity contribution in [1.82, 2.24) is 15.2 Å². The van der Waals surface area contributed by atoms with Gasteiger partial charge in [0.2, 0.25) is 5.91 Å². The highest BCUT2D eigenvalue weighted by atomic mass is 16.2. The predicted molar refractivity (Wildman–Crippen MR) is 71.1 cm³/mol. The van der Waals surface area contributed by atoms with Gasteiger partial charge < -0.3 is 10.2 Å². The molecular formula is C14H21N3O. The fraction of sp³-hybridized carbons (Fsp3) is 0.571. The summed E-state index contributed by atoms with van der Waals surface area (Å²) in [7, 11) is 0. The van der Waals surface area contributed by atoms with Gasteiger partial charge in [-0.1, -0.05) is 6.92 Å². The van der Waals surface area contributed by atoms with E-state index >= 15 is 0 Å². The first kappa shape index (κ1) is 13.0. The number of amides is 1. The first-order valence-electron chi connectivity index (χ1n) is 6.73. The number of likely N-dealkylation sites (tertiary alicyclic amines) is 1. The number of aromatic nitrogens is 1. The van der Waals surface area contributed by atoms with Crippen molar-refractivity contribution in [3.05, 3.63) is 30.1 Å². The molecule has 0 saturated carbocycles. The molecule has 1 aromatic rings. The van der Waals surface area contributed by atoms with Crippen molar-refractivity contribution in [2.75, 3.05) is 19.6 Å². The number of carbonyl (C=O) groups excluding carboxylic acids is 1. The van der Waals surface area contributed by atoms with E-state index in [1.54, 1.807) is 12.4 Å². The van der Waals surface area contributed by atoms with E-state index < -0.39 is 0 Å². The molecule has 98 valence electrons. The fourth-order valence-electron chi connectivity index (χ4n) is 2.47. The SMILES string of the molecule is CCCNCC(=O)N1CCCC1c1ccncc1. The molecule has 1 fully saturated rings. The molecule has 1 aliphatic rings. The zero-order chi connectivity index (χ0) is 12.8. The Morgan fingerprint density at radius 3 is 3.00 bits per heavy atom. The summed E-state index contributed by atoms with van der Waals surface area (Å²) in [5, 5.41) is 3.18. The van der Waals surface area contributed by atoms with Crippen molar-refractivity contribution in [1.29, 1.82) is 0 Å². The molecule has 2 heterocycles. The minimum Gasteiger partial charge on any atom is -0.335 e. The van der Waals surface area contributed by atoms with Crippen LogP contribution in [0.5, 0.6) is 0 Å². The molecule has 0 bridgehead atoms. The van der Waals surface area contributed by atoms with Gasteiger partial charge in [-0.15, -0.1) is 0 Å². The summed E-state index contributed by atoms with van der Waals surface area (Å²) in [4.78, 5) is 18.2. The summed E-state index contributed by atoms with van der Waals surface area (Å²) in [6.07, 6.45) is 6.80. The van der Waals surface area contributed by atoms with Gasteiger partial charge in [-0.3, -0.25) is 9.78 Å². The number of rotatable bonds is 5. The molecule has 1 unspecified atom stereocenters. The third-order valence-corrected chi connectivity index (χ3v) is 3.37. The molecule has 18 heavy (non-hydrogen) atoms. The Kier molecular flexibility index (Phi) is 4.70. The number of carbonyl (C=O) groups is 1. The largest absolute Gasteiger partial charge is 0.335 e. The van der Waals surface area contributed by atoms with Crippen LogP contribution in [0.1, 0.15) is 37.8 Å². The number of hydrogen-bond acceptors (Lipinski definition) is 3. The summed E-state index contributed by atoms with van der Waals surface area (Å²) in [6.45, 7) is 4.33. The van der Waals surface area contributed by atoms with Gasteiger partial charge >= 0.3 is 0 Å². The van der Waals surface area contributed by atoms with Crippen molar-refractivity contribution in [3.63, 3.8) is 0 Å². The molecule has 1 saturated heterocycles. The smallest absolute Gasteiger partial charge is 0.237 e. The Bertz CT molecular complexity index is 380. The van der Waals surface area contributed by atoms with Crippen molar-refractivity contribution in [3.8, 4) is 0 Å². The Morgan fingerprint density at radius 2 is 2.28 bits per heavy atom. The standard InChI is InChI=1S/C14H21N3O/c1-2-7-16-11-14(18)17-10-3-4-13(17)12-5-8-15-9-6-12/h5-6,8-9,13,16H,2-4,7,10-11H2,1H3. The second-order valence-electron chi connectivity index (χ2n) is 4.70. The normalized spacial score (nSPS) is 19.2. The second-order valence-corrected chi connectivity index (χ2v) is 4.70. The maximum absolute atomic E-state index is 12.2. The average Bonchev–Trinajstić information content (AvgIpc) is 2.89. The van der Waals surface area contributed by atoms with E-state index in [4.69, 9.17) is 0 Å². The van der Waals surface area contributed by atoms with Crippen molar-refractivity contribution in [2.24, 2.45) is 0 Å². The molecule has 0 aliphatic carbocycles. The van der Waals surface area contributed by atoms with Crippen LogP contribution in [0.25, 0.3) is 0 Å². The molecular weight excluding hydrogens is 226 g/mol. The minimum absolute atomic E-state index is 0.211. The number of nitrogens with zero attached hydrogens (tertiary/aromatic N) is 2. The highest BCUT2D eigenvalue weighted by Crippen LogP contribution is 2.31. The van der Waals surface area contributed by atoms with E-state index in [1.165, 1.54) is 5.56 Å². The van der Waals surface area contributed by atoms with Crippen molar-refractivity contribution < 1.29 is 4.79 Å². The number of hydrogen-bond donors (Lipinski definition) is 1. The first-order chi connectivity index (χ1) is 8.83. The monoisotopic (exact) mass is 247 g/mol. The maximum atomic E-state index is 12.2. The van der Waals surface area contributed by atoms with Gasteiger partial charge in [-0.2, -0.15) is 0 Å². The topological polar surface area (TPSA) is 45.2 Å².